The van der Waals surface area contributed by atoms with Gasteiger partial charge in [0.25, 0.3) is 0 Å². The number of hydrogen-bond donors (Lipinski definition) is 2. The zero-order chi connectivity index (χ0) is 15.1. The molecule has 0 radical (unpaired) electrons. The standard InChI is InChI=1S/C15H28N4O2.HI/c1-16-15(19(2)10-12-7-9-21-11-12)17-8-3-4-14(20)18-13-5-6-13;/h12-13H,3-11H2,1-2H3,(H,16,17)(H,18,20);1H. The summed E-state index contributed by atoms with van der Waals surface area (Å²) in [6.45, 7) is 3.46. The van der Waals surface area contributed by atoms with Gasteiger partial charge in [-0.05, 0) is 25.7 Å². The molecule has 1 amide bonds. The van der Waals surface area contributed by atoms with Crippen LogP contribution in [0.2, 0.25) is 0 Å². The summed E-state index contributed by atoms with van der Waals surface area (Å²) in [7, 11) is 3.84. The molecule has 2 fully saturated rings. The lowest BCUT2D eigenvalue weighted by Crippen LogP contribution is -2.42. The van der Waals surface area contributed by atoms with Gasteiger partial charge in [0.15, 0.2) is 5.96 Å². The van der Waals surface area contributed by atoms with E-state index < -0.39 is 0 Å². The molecule has 1 aliphatic heterocycles. The first-order valence-corrected chi connectivity index (χ1v) is 7.98. The Kier molecular flexibility index (Phi) is 9.08. The van der Waals surface area contributed by atoms with Crippen LogP contribution in [0.5, 0.6) is 0 Å². The van der Waals surface area contributed by atoms with Gasteiger partial charge in [0.2, 0.25) is 5.91 Å². The molecule has 22 heavy (non-hydrogen) atoms. The topological polar surface area (TPSA) is 66.0 Å². The van der Waals surface area contributed by atoms with Gasteiger partial charge in [-0.1, -0.05) is 0 Å². The highest BCUT2D eigenvalue weighted by molar-refractivity contribution is 14.0. The van der Waals surface area contributed by atoms with Crippen LogP contribution < -0.4 is 10.6 Å². The molecule has 2 aliphatic rings. The van der Waals surface area contributed by atoms with Crippen LogP contribution in [0.15, 0.2) is 4.99 Å². The zero-order valence-corrected chi connectivity index (χ0v) is 16.0. The van der Waals surface area contributed by atoms with E-state index >= 15 is 0 Å². The molecule has 1 saturated heterocycles. The largest absolute Gasteiger partial charge is 0.381 e. The summed E-state index contributed by atoms with van der Waals surface area (Å²) in [6, 6.07) is 0.456. The van der Waals surface area contributed by atoms with Crippen LogP contribution in [0.1, 0.15) is 32.1 Å². The van der Waals surface area contributed by atoms with E-state index in [1.165, 1.54) is 0 Å². The number of amides is 1. The molecule has 7 heteroatoms. The lowest BCUT2D eigenvalue weighted by Gasteiger charge is -2.24. The lowest BCUT2D eigenvalue weighted by molar-refractivity contribution is -0.121. The van der Waals surface area contributed by atoms with Gasteiger partial charge in [-0.15, -0.1) is 24.0 Å². The van der Waals surface area contributed by atoms with Gasteiger partial charge in [-0.3, -0.25) is 9.79 Å². The Labute approximate surface area is 150 Å². The monoisotopic (exact) mass is 424 g/mol. The molecule has 128 valence electrons. The van der Waals surface area contributed by atoms with Crippen LogP contribution in [0, 0.1) is 5.92 Å². The van der Waals surface area contributed by atoms with E-state index in [2.05, 4.69) is 20.5 Å². The van der Waals surface area contributed by atoms with Gasteiger partial charge in [0.1, 0.15) is 0 Å². The smallest absolute Gasteiger partial charge is 0.220 e. The van der Waals surface area contributed by atoms with E-state index in [0.29, 0.717) is 18.4 Å². The minimum absolute atomic E-state index is 0. The number of nitrogens with one attached hydrogen (secondary N) is 2. The van der Waals surface area contributed by atoms with Crippen LogP contribution in [0.25, 0.3) is 0 Å². The fraction of sp³-hybridized carbons (Fsp3) is 0.867. The molecular weight excluding hydrogens is 395 g/mol. The Hall–Kier alpha value is -0.570. The van der Waals surface area contributed by atoms with E-state index in [9.17, 15) is 4.79 Å². The first-order valence-electron chi connectivity index (χ1n) is 7.98. The Balaban J connectivity index is 0.00000242. The molecule has 0 spiro atoms. The van der Waals surface area contributed by atoms with Gasteiger partial charge < -0.3 is 20.3 Å². The highest BCUT2D eigenvalue weighted by Crippen LogP contribution is 2.18. The molecule has 1 heterocycles. The molecular formula is C15H29IN4O2. The van der Waals surface area contributed by atoms with Crippen molar-refractivity contribution in [2.45, 2.75) is 38.1 Å². The van der Waals surface area contributed by atoms with Crippen LogP contribution in [-0.2, 0) is 9.53 Å². The summed E-state index contributed by atoms with van der Waals surface area (Å²) in [5, 5.41) is 6.33. The molecule has 2 rings (SSSR count). The van der Waals surface area contributed by atoms with Gasteiger partial charge in [-0.25, -0.2) is 0 Å². The van der Waals surface area contributed by atoms with E-state index in [4.69, 9.17) is 4.74 Å². The second-order valence-corrected chi connectivity index (χ2v) is 6.03. The second kappa shape index (κ2) is 10.3. The minimum Gasteiger partial charge on any atom is -0.381 e. The SMILES string of the molecule is CN=C(NCCCC(=O)NC1CC1)N(C)CC1CCOC1.I. The summed E-state index contributed by atoms with van der Waals surface area (Å²) < 4.78 is 5.40. The summed E-state index contributed by atoms with van der Waals surface area (Å²) in [5.41, 5.74) is 0. The number of guanidine groups is 1. The third-order valence-corrected chi connectivity index (χ3v) is 3.94. The Morgan fingerprint density at radius 2 is 2.14 bits per heavy atom. The fourth-order valence-corrected chi connectivity index (χ4v) is 2.56. The molecule has 0 aromatic rings. The van der Waals surface area contributed by atoms with Gasteiger partial charge in [0, 0.05) is 52.2 Å². The average molecular weight is 424 g/mol. The van der Waals surface area contributed by atoms with Crippen molar-refractivity contribution in [2.75, 3.05) is 40.4 Å². The van der Waals surface area contributed by atoms with Crippen molar-refractivity contribution in [1.29, 1.82) is 0 Å². The van der Waals surface area contributed by atoms with E-state index in [0.717, 1.165) is 57.9 Å². The molecule has 1 atom stereocenters. The normalized spacial score (nSPS) is 21.2. The van der Waals surface area contributed by atoms with E-state index in [-0.39, 0.29) is 29.9 Å². The third-order valence-electron chi connectivity index (χ3n) is 3.94. The average Bonchev–Trinajstić information content (AvgIpc) is 3.12. The van der Waals surface area contributed by atoms with Crippen molar-refractivity contribution >= 4 is 35.8 Å². The molecule has 1 saturated carbocycles. The number of ether oxygens (including phenoxy) is 1. The Bertz CT molecular complexity index is 369. The number of nitrogens with zero attached hydrogens (tertiary/aromatic N) is 2. The summed E-state index contributed by atoms with van der Waals surface area (Å²) >= 11 is 0. The summed E-state index contributed by atoms with van der Waals surface area (Å²) in [4.78, 5) is 18.0. The Morgan fingerprint density at radius 1 is 1.36 bits per heavy atom. The molecule has 0 bridgehead atoms. The molecule has 0 aromatic heterocycles. The molecule has 1 unspecified atom stereocenters. The number of carbonyl (C=O) groups is 1. The van der Waals surface area contributed by atoms with Crippen LogP contribution >= 0.6 is 24.0 Å². The van der Waals surface area contributed by atoms with Crippen LogP contribution in [-0.4, -0.2) is 63.2 Å². The van der Waals surface area contributed by atoms with Gasteiger partial charge in [-0.2, -0.15) is 0 Å². The van der Waals surface area contributed by atoms with Crippen molar-refractivity contribution < 1.29 is 9.53 Å². The van der Waals surface area contributed by atoms with Gasteiger partial charge >= 0.3 is 0 Å². The molecule has 1 aliphatic carbocycles. The van der Waals surface area contributed by atoms with E-state index in [1.807, 2.05) is 7.05 Å². The lowest BCUT2D eigenvalue weighted by atomic mass is 10.1. The maximum absolute atomic E-state index is 11.6. The highest BCUT2D eigenvalue weighted by atomic mass is 127. The maximum Gasteiger partial charge on any atom is 0.220 e. The van der Waals surface area contributed by atoms with Crippen LogP contribution in [0.3, 0.4) is 0 Å². The van der Waals surface area contributed by atoms with Crippen molar-refractivity contribution in [3.8, 4) is 0 Å². The number of carbonyl (C=O) groups excluding carboxylic acids is 1. The zero-order valence-electron chi connectivity index (χ0n) is 13.6. The van der Waals surface area contributed by atoms with Crippen molar-refractivity contribution in [1.82, 2.24) is 15.5 Å². The fourth-order valence-electron chi connectivity index (χ4n) is 2.56. The second-order valence-electron chi connectivity index (χ2n) is 6.03. The number of rotatable bonds is 7. The first kappa shape index (κ1) is 19.5. The van der Waals surface area contributed by atoms with Crippen molar-refractivity contribution in [3.05, 3.63) is 0 Å². The van der Waals surface area contributed by atoms with Crippen LogP contribution in [0.4, 0.5) is 0 Å². The number of hydrogen-bond acceptors (Lipinski definition) is 3. The predicted octanol–water partition coefficient (Wildman–Crippen LogP) is 1.21. The molecule has 6 nitrogen and oxygen atoms in total. The third kappa shape index (κ3) is 7.13. The first-order chi connectivity index (χ1) is 10.2. The maximum atomic E-state index is 11.6. The van der Waals surface area contributed by atoms with Crippen molar-refractivity contribution in [3.63, 3.8) is 0 Å². The van der Waals surface area contributed by atoms with Gasteiger partial charge in [0.05, 0.1) is 6.61 Å². The molecule has 2 N–H and O–H groups in total. The van der Waals surface area contributed by atoms with Crippen molar-refractivity contribution in [2.24, 2.45) is 10.9 Å². The van der Waals surface area contributed by atoms with E-state index in [1.54, 1.807) is 7.05 Å². The summed E-state index contributed by atoms with van der Waals surface area (Å²) in [6.07, 6.45) is 4.83. The number of aliphatic imine (C=N–C) groups is 1. The predicted molar refractivity (Wildman–Crippen MR) is 98.7 cm³/mol. The quantitative estimate of drug-likeness (QED) is 0.279. The highest BCUT2D eigenvalue weighted by Gasteiger charge is 2.22. The minimum atomic E-state index is 0. The Morgan fingerprint density at radius 3 is 2.73 bits per heavy atom. The molecule has 0 aromatic carbocycles. The summed E-state index contributed by atoms with van der Waals surface area (Å²) in [5.74, 6) is 1.66. The number of halogens is 1.